The summed E-state index contributed by atoms with van der Waals surface area (Å²) < 4.78 is 11.4. The van der Waals surface area contributed by atoms with Gasteiger partial charge in [-0.2, -0.15) is 0 Å². The van der Waals surface area contributed by atoms with Gasteiger partial charge in [0.1, 0.15) is 10.8 Å². The highest BCUT2D eigenvalue weighted by Gasteiger charge is 2.31. The topological polar surface area (TPSA) is 63.7 Å². The van der Waals surface area contributed by atoms with Gasteiger partial charge in [-0.25, -0.2) is 9.78 Å². The minimum absolute atomic E-state index is 0.114. The normalized spacial score (nSPS) is 19.5. The Kier molecular flexibility index (Phi) is 9.41. The molecule has 1 aromatic heterocycles. The first kappa shape index (κ1) is 28.5. The summed E-state index contributed by atoms with van der Waals surface area (Å²) >= 11 is 1.46. The summed E-state index contributed by atoms with van der Waals surface area (Å²) in [6.45, 7) is 15.4. The molecule has 1 aliphatic rings. The van der Waals surface area contributed by atoms with E-state index in [1.54, 1.807) is 12.3 Å². The average Bonchev–Trinajstić information content (AvgIpc) is 3.37. The van der Waals surface area contributed by atoms with Gasteiger partial charge in [0.15, 0.2) is 5.69 Å². The van der Waals surface area contributed by atoms with Crippen molar-refractivity contribution < 1.29 is 14.0 Å². The molecule has 0 radical (unpaired) electrons. The SMILES string of the molecule is CCOC(=O)c1csc(-c2ccc([C@H](c3cccc(O[SiH2]CC(C)(C)C)c3)N3C[C@H](C)NC[C@@H]3C)cc2)n1. The van der Waals surface area contributed by atoms with Gasteiger partial charge in [-0.05, 0) is 55.5 Å². The van der Waals surface area contributed by atoms with Crippen LogP contribution in [0.4, 0.5) is 0 Å². The third-order valence-electron chi connectivity index (χ3n) is 6.90. The highest BCUT2D eigenvalue weighted by Crippen LogP contribution is 2.35. The molecule has 8 heteroatoms. The first-order valence-electron chi connectivity index (χ1n) is 13.6. The third kappa shape index (κ3) is 7.31. The molecule has 1 saturated heterocycles. The molecular formula is C30H41N3O3SSi. The zero-order valence-electron chi connectivity index (χ0n) is 23.5. The summed E-state index contributed by atoms with van der Waals surface area (Å²) in [6.07, 6.45) is 0. The second-order valence-electron chi connectivity index (χ2n) is 11.4. The van der Waals surface area contributed by atoms with Crippen LogP contribution in [0.3, 0.4) is 0 Å². The number of benzene rings is 2. The fraction of sp³-hybridized carbons (Fsp3) is 0.467. The van der Waals surface area contributed by atoms with Crippen molar-refractivity contribution in [3.8, 4) is 16.3 Å². The van der Waals surface area contributed by atoms with Crippen molar-refractivity contribution in [3.05, 3.63) is 70.7 Å². The predicted octanol–water partition coefficient (Wildman–Crippen LogP) is 5.69. The van der Waals surface area contributed by atoms with Crippen LogP contribution in [0.25, 0.3) is 10.6 Å². The predicted molar refractivity (Wildman–Crippen MR) is 159 cm³/mol. The van der Waals surface area contributed by atoms with Crippen molar-refractivity contribution in [2.45, 2.75) is 65.7 Å². The Balaban J connectivity index is 1.62. The molecule has 2 aromatic carbocycles. The van der Waals surface area contributed by atoms with Gasteiger partial charge < -0.3 is 14.5 Å². The van der Waals surface area contributed by atoms with E-state index < -0.39 is 9.76 Å². The molecule has 0 amide bonds. The summed E-state index contributed by atoms with van der Waals surface area (Å²) in [4.78, 5) is 19.2. The number of carbonyl (C=O) groups is 1. The number of rotatable bonds is 9. The number of hydrogen-bond donors (Lipinski definition) is 1. The number of carbonyl (C=O) groups excluding carboxylic acids is 1. The molecule has 0 spiro atoms. The first-order valence-corrected chi connectivity index (χ1v) is 16.0. The molecule has 38 heavy (non-hydrogen) atoms. The fourth-order valence-corrected chi connectivity index (χ4v) is 6.67. The van der Waals surface area contributed by atoms with E-state index in [-0.39, 0.29) is 12.0 Å². The molecule has 2 heterocycles. The minimum atomic E-state index is -0.641. The van der Waals surface area contributed by atoms with Crippen molar-refractivity contribution in [3.63, 3.8) is 0 Å². The van der Waals surface area contributed by atoms with Crippen molar-refractivity contribution in [2.75, 3.05) is 19.7 Å². The van der Waals surface area contributed by atoms with Crippen LogP contribution in [0.2, 0.25) is 6.04 Å². The van der Waals surface area contributed by atoms with Gasteiger partial charge >= 0.3 is 5.97 Å². The summed E-state index contributed by atoms with van der Waals surface area (Å²) in [5, 5.41) is 6.20. The molecule has 1 aliphatic heterocycles. The van der Waals surface area contributed by atoms with Gasteiger partial charge in [-0.3, -0.25) is 4.90 Å². The van der Waals surface area contributed by atoms with Crippen molar-refractivity contribution in [2.24, 2.45) is 5.41 Å². The Morgan fingerprint density at radius 1 is 1.18 bits per heavy atom. The van der Waals surface area contributed by atoms with Crippen LogP contribution >= 0.6 is 11.3 Å². The summed E-state index contributed by atoms with van der Waals surface area (Å²) in [6, 6.07) is 19.4. The Morgan fingerprint density at radius 2 is 1.95 bits per heavy atom. The largest absolute Gasteiger partial charge is 0.549 e. The maximum atomic E-state index is 12.1. The van der Waals surface area contributed by atoms with Crippen LogP contribution in [-0.4, -0.2) is 57.4 Å². The van der Waals surface area contributed by atoms with Crippen LogP contribution in [0.15, 0.2) is 53.9 Å². The van der Waals surface area contributed by atoms with E-state index in [4.69, 9.17) is 9.16 Å². The van der Waals surface area contributed by atoms with Crippen LogP contribution in [0.1, 0.15) is 69.2 Å². The third-order valence-corrected chi connectivity index (χ3v) is 10.0. The second-order valence-corrected chi connectivity index (χ2v) is 13.4. The molecule has 3 aromatic rings. The van der Waals surface area contributed by atoms with E-state index in [2.05, 4.69) is 98.4 Å². The highest BCUT2D eigenvalue weighted by molar-refractivity contribution is 7.13. The molecule has 6 nitrogen and oxygen atoms in total. The van der Waals surface area contributed by atoms with E-state index >= 15 is 0 Å². The average molecular weight is 552 g/mol. The number of nitrogens with zero attached hydrogens (tertiary/aromatic N) is 2. The molecule has 3 atom stereocenters. The van der Waals surface area contributed by atoms with Crippen molar-refractivity contribution >= 4 is 27.1 Å². The second kappa shape index (κ2) is 12.6. The highest BCUT2D eigenvalue weighted by atomic mass is 32.1. The van der Waals surface area contributed by atoms with Crippen LogP contribution in [-0.2, 0) is 4.74 Å². The van der Waals surface area contributed by atoms with Gasteiger partial charge in [0, 0.05) is 36.1 Å². The Morgan fingerprint density at radius 3 is 2.66 bits per heavy atom. The maximum absolute atomic E-state index is 12.1. The molecular weight excluding hydrogens is 511 g/mol. The standard InChI is InChI=1S/C30H41N3O3SSi/c1-7-35-29(34)26-18-37-28(32-26)23-13-11-22(12-14-23)27(33-17-20(2)31-16-21(33)3)24-9-8-10-25(15-24)36-38-19-30(4,5)6/h8-15,18,20-21,27,31H,7,16-17,19,38H2,1-6H3/t20-,21-,27+/m0/s1. The number of nitrogens with one attached hydrogen (secondary N) is 1. The van der Waals surface area contributed by atoms with Crippen molar-refractivity contribution in [1.82, 2.24) is 15.2 Å². The zero-order valence-corrected chi connectivity index (χ0v) is 25.7. The lowest BCUT2D eigenvalue weighted by Gasteiger charge is -2.43. The Bertz CT molecular complexity index is 1210. The van der Waals surface area contributed by atoms with E-state index in [1.807, 2.05) is 0 Å². The van der Waals surface area contributed by atoms with Crippen molar-refractivity contribution in [1.29, 1.82) is 0 Å². The molecule has 0 unspecified atom stereocenters. The number of thiazole rings is 1. The monoisotopic (exact) mass is 551 g/mol. The smallest absolute Gasteiger partial charge is 0.357 e. The van der Waals surface area contributed by atoms with Gasteiger partial charge in [0.25, 0.3) is 0 Å². The lowest BCUT2D eigenvalue weighted by molar-refractivity contribution is 0.0520. The molecule has 1 fully saturated rings. The molecule has 4 rings (SSSR count). The van der Waals surface area contributed by atoms with E-state index in [9.17, 15) is 4.79 Å². The number of ether oxygens (including phenoxy) is 1. The minimum Gasteiger partial charge on any atom is -0.549 e. The summed E-state index contributed by atoms with van der Waals surface area (Å²) in [5.74, 6) is 0.603. The fourth-order valence-electron chi connectivity index (χ4n) is 4.75. The van der Waals surface area contributed by atoms with Crippen LogP contribution in [0, 0.1) is 5.41 Å². The van der Waals surface area contributed by atoms with E-state index in [0.717, 1.165) is 35.5 Å². The number of esters is 1. The van der Waals surface area contributed by atoms with Gasteiger partial charge in [0.05, 0.1) is 12.6 Å². The van der Waals surface area contributed by atoms with Crippen LogP contribution in [0.5, 0.6) is 5.75 Å². The lowest BCUT2D eigenvalue weighted by Crippen LogP contribution is -2.55. The van der Waals surface area contributed by atoms with Crippen LogP contribution < -0.4 is 9.74 Å². The number of hydrogen-bond acceptors (Lipinski definition) is 7. The first-order chi connectivity index (χ1) is 18.1. The summed E-state index contributed by atoms with van der Waals surface area (Å²) in [5.41, 5.74) is 4.15. The Labute approximate surface area is 233 Å². The molecule has 0 bridgehead atoms. The molecule has 0 aliphatic carbocycles. The summed E-state index contributed by atoms with van der Waals surface area (Å²) in [7, 11) is -0.641. The number of aromatic nitrogens is 1. The molecule has 1 N–H and O–H groups in total. The van der Waals surface area contributed by atoms with Gasteiger partial charge in [0.2, 0.25) is 9.76 Å². The van der Waals surface area contributed by atoms with E-state index in [0.29, 0.717) is 29.8 Å². The van der Waals surface area contributed by atoms with Gasteiger partial charge in [-0.15, -0.1) is 11.3 Å². The maximum Gasteiger partial charge on any atom is 0.357 e. The lowest BCUT2D eigenvalue weighted by atomic mass is 9.93. The van der Waals surface area contributed by atoms with Gasteiger partial charge in [-0.1, -0.05) is 57.2 Å². The Hall–Kier alpha value is -2.52. The number of piperazine rings is 1. The zero-order chi connectivity index (χ0) is 27.3. The molecule has 0 saturated carbocycles. The quantitative estimate of drug-likeness (QED) is 0.273. The molecule has 204 valence electrons. The van der Waals surface area contributed by atoms with E-state index in [1.165, 1.54) is 22.5 Å².